The van der Waals surface area contributed by atoms with Crippen LogP contribution in [-0.2, 0) is 4.79 Å². The van der Waals surface area contributed by atoms with Crippen molar-refractivity contribution in [1.82, 2.24) is 4.31 Å². The first-order chi connectivity index (χ1) is 8.31. The van der Waals surface area contributed by atoms with Gasteiger partial charge in [-0.2, -0.15) is 0 Å². The fourth-order valence-electron chi connectivity index (χ4n) is 2.86. The fraction of sp³-hybridized carbons (Fsp3) is 0.923. The first kappa shape index (κ1) is 13.5. The van der Waals surface area contributed by atoms with E-state index >= 15 is 0 Å². The second kappa shape index (κ2) is 6.89. The number of rotatable bonds is 4. The number of halogens is 1. The molecule has 2 nitrogen and oxygen atoms in total. The molecule has 0 saturated heterocycles. The maximum absolute atomic E-state index is 11.2. The number of amides is 1. The summed E-state index contributed by atoms with van der Waals surface area (Å²) in [5, 5.41) is 0.692. The zero-order chi connectivity index (χ0) is 12.1. The molecule has 0 aliphatic heterocycles. The van der Waals surface area contributed by atoms with Gasteiger partial charge in [0, 0.05) is 16.7 Å². The molecule has 2 aliphatic carbocycles. The van der Waals surface area contributed by atoms with E-state index in [1.54, 1.807) is 11.9 Å². The van der Waals surface area contributed by atoms with E-state index in [1.165, 1.54) is 44.9 Å². The maximum Gasteiger partial charge on any atom is 0.219 e. The van der Waals surface area contributed by atoms with Crippen molar-refractivity contribution in [2.75, 3.05) is 0 Å². The lowest BCUT2D eigenvalue weighted by atomic mass is 9.96. The van der Waals surface area contributed by atoms with E-state index in [0.717, 1.165) is 19.3 Å². The molecule has 2 atom stereocenters. The molecule has 0 spiro atoms. The van der Waals surface area contributed by atoms with Crippen molar-refractivity contribution >= 4 is 30.0 Å². The van der Waals surface area contributed by atoms with Gasteiger partial charge in [-0.15, -0.1) is 11.6 Å². The Balaban J connectivity index is 1.86. The van der Waals surface area contributed by atoms with Crippen LogP contribution >= 0.6 is 23.5 Å². The van der Waals surface area contributed by atoms with Crippen LogP contribution in [0.5, 0.6) is 0 Å². The third-order valence-electron chi connectivity index (χ3n) is 3.92. The SMILES string of the molecule is O=CN(SC1CCCCC1Cl)C1CCCCC1. The van der Waals surface area contributed by atoms with E-state index in [4.69, 9.17) is 11.6 Å². The molecule has 0 bridgehead atoms. The molecule has 0 heterocycles. The summed E-state index contributed by atoms with van der Waals surface area (Å²) in [7, 11) is 0. The van der Waals surface area contributed by atoms with Crippen molar-refractivity contribution in [3.05, 3.63) is 0 Å². The largest absolute Gasteiger partial charge is 0.286 e. The van der Waals surface area contributed by atoms with E-state index in [9.17, 15) is 4.79 Å². The smallest absolute Gasteiger partial charge is 0.219 e. The lowest BCUT2D eigenvalue weighted by Gasteiger charge is -2.35. The summed E-state index contributed by atoms with van der Waals surface area (Å²) in [5.41, 5.74) is 0. The molecule has 0 aromatic carbocycles. The predicted octanol–water partition coefficient (Wildman–Crippen LogP) is 3.98. The van der Waals surface area contributed by atoms with Gasteiger partial charge in [-0.3, -0.25) is 9.10 Å². The molecule has 2 unspecified atom stereocenters. The molecule has 17 heavy (non-hydrogen) atoms. The summed E-state index contributed by atoms with van der Waals surface area (Å²) >= 11 is 8.07. The van der Waals surface area contributed by atoms with Crippen molar-refractivity contribution in [3.8, 4) is 0 Å². The number of hydrogen-bond acceptors (Lipinski definition) is 2. The zero-order valence-corrected chi connectivity index (χ0v) is 11.9. The van der Waals surface area contributed by atoms with E-state index < -0.39 is 0 Å². The highest BCUT2D eigenvalue weighted by atomic mass is 35.5. The second-order valence-corrected chi connectivity index (χ2v) is 7.00. The second-order valence-electron chi connectivity index (χ2n) is 5.20. The van der Waals surface area contributed by atoms with E-state index in [0.29, 0.717) is 11.3 Å². The van der Waals surface area contributed by atoms with Crippen molar-refractivity contribution in [2.24, 2.45) is 0 Å². The van der Waals surface area contributed by atoms with Gasteiger partial charge in [0.25, 0.3) is 0 Å². The first-order valence-electron chi connectivity index (χ1n) is 6.85. The van der Waals surface area contributed by atoms with Crippen molar-refractivity contribution in [1.29, 1.82) is 0 Å². The van der Waals surface area contributed by atoms with Gasteiger partial charge >= 0.3 is 0 Å². The third kappa shape index (κ3) is 3.78. The topological polar surface area (TPSA) is 20.3 Å². The van der Waals surface area contributed by atoms with Gasteiger partial charge in [-0.1, -0.05) is 32.1 Å². The maximum atomic E-state index is 11.2. The summed E-state index contributed by atoms with van der Waals surface area (Å²) in [6.45, 7) is 0. The average molecular weight is 276 g/mol. The van der Waals surface area contributed by atoms with Crippen molar-refractivity contribution in [2.45, 2.75) is 74.5 Å². The van der Waals surface area contributed by atoms with Crippen LogP contribution < -0.4 is 0 Å². The Morgan fingerprint density at radius 1 is 1.00 bits per heavy atom. The van der Waals surface area contributed by atoms with Gasteiger partial charge in [0.2, 0.25) is 6.41 Å². The highest BCUT2D eigenvalue weighted by molar-refractivity contribution is 7.98. The number of alkyl halides is 1. The molecular weight excluding hydrogens is 254 g/mol. The van der Waals surface area contributed by atoms with Crippen molar-refractivity contribution < 1.29 is 4.79 Å². The average Bonchev–Trinajstić information content (AvgIpc) is 2.39. The molecule has 2 rings (SSSR count). The summed E-state index contributed by atoms with van der Waals surface area (Å²) in [6, 6.07) is 0.456. The van der Waals surface area contributed by atoms with Crippen LogP contribution in [0.25, 0.3) is 0 Å². The van der Waals surface area contributed by atoms with Crippen LogP contribution in [0.3, 0.4) is 0 Å². The van der Waals surface area contributed by atoms with Crippen LogP contribution in [0, 0.1) is 0 Å². The standard InChI is InChI=1S/C13H22ClNOS/c14-12-8-4-5-9-13(12)17-15(10-16)11-6-2-1-3-7-11/h10-13H,1-9H2. The summed E-state index contributed by atoms with van der Waals surface area (Å²) < 4.78 is 1.96. The molecular formula is C13H22ClNOS. The number of carbonyl (C=O) groups is 1. The van der Waals surface area contributed by atoms with Gasteiger partial charge in [0.1, 0.15) is 0 Å². The summed E-state index contributed by atoms with van der Waals surface area (Å²) in [5.74, 6) is 0. The van der Waals surface area contributed by atoms with Crippen LogP contribution in [-0.4, -0.2) is 27.4 Å². The summed E-state index contributed by atoms with van der Waals surface area (Å²) in [6.07, 6.45) is 12.0. The van der Waals surface area contributed by atoms with E-state index in [2.05, 4.69) is 0 Å². The van der Waals surface area contributed by atoms with Gasteiger partial charge in [0.15, 0.2) is 0 Å². The summed E-state index contributed by atoms with van der Waals surface area (Å²) in [4.78, 5) is 11.2. The van der Waals surface area contributed by atoms with Crippen LogP contribution in [0.1, 0.15) is 57.8 Å². The molecule has 2 fully saturated rings. The van der Waals surface area contributed by atoms with Gasteiger partial charge in [0.05, 0.1) is 0 Å². The third-order valence-corrected chi connectivity index (χ3v) is 6.05. The minimum Gasteiger partial charge on any atom is -0.286 e. The number of nitrogens with zero attached hydrogens (tertiary/aromatic N) is 1. The molecule has 0 aromatic heterocycles. The van der Waals surface area contributed by atoms with Crippen molar-refractivity contribution in [3.63, 3.8) is 0 Å². The lowest BCUT2D eigenvalue weighted by molar-refractivity contribution is -0.115. The molecule has 0 aromatic rings. The fourth-order valence-corrected chi connectivity index (χ4v) is 4.56. The molecule has 2 saturated carbocycles. The molecule has 98 valence electrons. The molecule has 0 radical (unpaired) electrons. The van der Waals surface area contributed by atoms with Gasteiger partial charge in [-0.25, -0.2) is 0 Å². The van der Waals surface area contributed by atoms with Gasteiger partial charge in [-0.05, 0) is 37.6 Å². The Hall–Kier alpha value is 0.110. The Labute approximate surface area is 114 Å². The zero-order valence-electron chi connectivity index (χ0n) is 10.3. The Morgan fingerprint density at radius 2 is 1.65 bits per heavy atom. The Morgan fingerprint density at radius 3 is 2.29 bits per heavy atom. The van der Waals surface area contributed by atoms with Crippen LogP contribution in [0.15, 0.2) is 0 Å². The Kier molecular flexibility index (Phi) is 5.49. The minimum atomic E-state index is 0.250. The highest BCUT2D eigenvalue weighted by Gasteiger charge is 2.29. The minimum absolute atomic E-state index is 0.250. The molecule has 0 N–H and O–H groups in total. The Bertz CT molecular complexity index is 246. The van der Waals surface area contributed by atoms with Gasteiger partial charge < -0.3 is 0 Å². The van der Waals surface area contributed by atoms with Crippen LogP contribution in [0.4, 0.5) is 0 Å². The monoisotopic (exact) mass is 275 g/mol. The lowest BCUT2D eigenvalue weighted by Crippen LogP contribution is -2.35. The molecule has 4 heteroatoms. The van der Waals surface area contributed by atoms with E-state index in [-0.39, 0.29) is 5.38 Å². The van der Waals surface area contributed by atoms with Crippen LogP contribution in [0.2, 0.25) is 0 Å². The molecule has 2 aliphatic rings. The number of hydrogen-bond donors (Lipinski definition) is 0. The molecule has 1 amide bonds. The highest BCUT2D eigenvalue weighted by Crippen LogP contribution is 2.36. The normalized spacial score (nSPS) is 31.1. The first-order valence-corrected chi connectivity index (χ1v) is 8.13. The quantitative estimate of drug-likeness (QED) is 0.439. The van der Waals surface area contributed by atoms with E-state index in [1.807, 2.05) is 4.31 Å². The predicted molar refractivity (Wildman–Crippen MR) is 74.3 cm³/mol. The number of carbonyl (C=O) groups excluding carboxylic acids is 1.